The normalized spacial score (nSPS) is 16.2. The number of carbonyl (C=O) groups excluding carboxylic acids is 1. The molecule has 152 valence electrons. The van der Waals surface area contributed by atoms with E-state index in [4.69, 9.17) is 0 Å². The smallest absolute Gasteiger partial charge is 0.321 e. The van der Waals surface area contributed by atoms with Crippen LogP contribution in [0.5, 0.6) is 0 Å². The minimum atomic E-state index is -3.56. The number of hydrogen-bond acceptors (Lipinski definition) is 6. The van der Waals surface area contributed by atoms with Crippen molar-refractivity contribution in [3.05, 3.63) is 30.7 Å². The summed E-state index contributed by atoms with van der Waals surface area (Å²) in [5.41, 5.74) is 0.581. The number of nitrogens with one attached hydrogen (secondary N) is 1. The molecule has 3 heterocycles. The van der Waals surface area contributed by atoms with Crippen LogP contribution >= 0.6 is 0 Å². The minimum Gasteiger partial charge on any atom is -0.325 e. The molecular formula is C18H26N6O3S. The van der Waals surface area contributed by atoms with Crippen molar-refractivity contribution in [2.24, 2.45) is 5.92 Å². The average Bonchev–Trinajstić information content (AvgIpc) is 3.18. The third-order valence-corrected chi connectivity index (χ3v) is 8.16. The van der Waals surface area contributed by atoms with E-state index in [0.29, 0.717) is 38.2 Å². The number of piperidine rings is 1. The maximum absolute atomic E-state index is 13.3. The van der Waals surface area contributed by atoms with Gasteiger partial charge in [-0.1, -0.05) is 0 Å². The number of rotatable bonds is 5. The second-order valence-electron chi connectivity index (χ2n) is 7.41. The largest absolute Gasteiger partial charge is 0.325 e. The minimum absolute atomic E-state index is 0.0515. The van der Waals surface area contributed by atoms with Gasteiger partial charge in [-0.05, 0) is 51.7 Å². The highest BCUT2D eigenvalue weighted by Crippen LogP contribution is 2.37. The fourth-order valence-electron chi connectivity index (χ4n) is 3.62. The van der Waals surface area contributed by atoms with Crippen LogP contribution in [0, 0.1) is 5.92 Å². The zero-order valence-corrected chi connectivity index (χ0v) is 17.2. The summed E-state index contributed by atoms with van der Waals surface area (Å²) < 4.78 is 27.1. The molecule has 1 aliphatic heterocycles. The lowest BCUT2D eigenvalue weighted by Gasteiger charge is -2.40. The SMILES string of the molecule is CCn1nccc1S(=O)(=O)C(C)(C)C1CCN(C(=O)Nc2ccnnc2)CC1. The van der Waals surface area contributed by atoms with E-state index in [-0.39, 0.29) is 17.0 Å². The van der Waals surface area contributed by atoms with Crippen molar-refractivity contribution < 1.29 is 13.2 Å². The van der Waals surface area contributed by atoms with Gasteiger partial charge in [0.2, 0.25) is 9.84 Å². The van der Waals surface area contributed by atoms with Gasteiger partial charge in [-0.25, -0.2) is 13.2 Å². The van der Waals surface area contributed by atoms with Crippen LogP contribution in [0.2, 0.25) is 0 Å². The van der Waals surface area contributed by atoms with Crippen LogP contribution in [0.1, 0.15) is 33.6 Å². The first-order valence-electron chi connectivity index (χ1n) is 9.36. The molecule has 2 aromatic heterocycles. The van der Waals surface area contributed by atoms with Crippen molar-refractivity contribution in [2.75, 3.05) is 18.4 Å². The van der Waals surface area contributed by atoms with Gasteiger partial charge in [0, 0.05) is 19.6 Å². The summed E-state index contributed by atoms with van der Waals surface area (Å²) in [5.74, 6) is -0.0515. The highest BCUT2D eigenvalue weighted by Gasteiger charge is 2.45. The summed E-state index contributed by atoms with van der Waals surface area (Å²) in [4.78, 5) is 14.1. The van der Waals surface area contributed by atoms with Crippen LogP contribution < -0.4 is 5.32 Å². The number of likely N-dealkylation sites (tertiary alicyclic amines) is 1. The number of hydrogen-bond donors (Lipinski definition) is 1. The number of sulfone groups is 1. The molecular weight excluding hydrogens is 380 g/mol. The molecule has 9 nitrogen and oxygen atoms in total. The summed E-state index contributed by atoms with van der Waals surface area (Å²) in [7, 11) is -3.56. The van der Waals surface area contributed by atoms with E-state index >= 15 is 0 Å². The molecule has 28 heavy (non-hydrogen) atoms. The second-order valence-corrected chi connectivity index (χ2v) is 9.89. The van der Waals surface area contributed by atoms with Crippen molar-refractivity contribution in [2.45, 2.75) is 49.9 Å². The van der Waals surface area contributed by atoms with Gasteiger partial charge >= 0.3 is 6.03 Å². The Bertz CT molecular complexity index is 918. The van der Waals surface area contributed by atoms with Crippen molar-refractivity contribution in [1.82, 2.24) is 24.9 Å². The monoisotopic (exact) mass is 406 g/mol. The number of anilines is 1. The average molecular weight is 407 g/mol. The Morgan fingerprint density at radius 2 is 1.93 bits per heavy atom. The molecule has 3 rings (SSSR count). The van der Waals surface area contributed by atoms with E-state index in [1.807, 2.05) is 6.92 Å². The van der Waals surface area contributed by atoms with Crippen molar-refractivity contribution >= 4 is 21.6 Å². The summed E-state index contributed by atoms with van der Waals surface area (Å²) in [6.45, 7) is 6.92. The molecule has 1 saturated heterocycles. The predicted octanol–water partition coefficient (Wildman–Crippen LogP) is 2.19. The third-order valence-electron chi connectivity index (χ3n) is 5.55. The number of aryl methyl sites for hydroxylation is 1. The molecule has 0 saturated carbocycles. The van der Waals surface area contributed by atoms with Crippen LogP contribution in [0.15, 0.2) is 35.7 Å². The molecule has 1 aliphatic rings. The van der Waals surface area contributed by atoms with Gasteiger partial charge in [0.05, 0.1) is 29.0 Å². The molecule has 2 amide bonds. The molecule has 10 heteroatoms. The summed E-state index contributed by atoms with van der Waals surface area (Å²) in [6.07, 6.45) is 5.75. The fourth-order valence-corrected chi connectivity index (χ4v) is 5.53. The molecule has 0 aliphatic carbocycles. The number of amides is 2. The van der Waals surface area contributed by atoms with Crippen molar-refractivity contribution in [3.63, 3.8) is 0 Å². The molecule has 2 aromatic rings. The zero-order chi connectivity index (χ0) is 20.4. The predicted molar refractivity (Wildman–Crippen MR) is 105 cm³/mol. The van der Waals surface area contributed by atoms with E-state index < -0.39 is 14.6 Å². The second kappa shape index (κ2) is 7.86. The standard InChI is InChI=1S/C18H26N6O3S/c1-4-24-16(6-10-21-24)28(26,27)18(2,3)14-7-11-23(12-8-14)17(25)22-15-5-9-19-20-13-15/h5-6,9-10,13-14H,4,7-8,11-12H2,1-3H3,(H,19,22,25). The highest BCUT2D eigenvalue weighted by molar-refractivity contribution is 7.92. The summed E-state index contributed by atoms with van der Waals surface area (Å²) in [6, 6.07) is 3.02. The lowest BCUT2D eigenvalue weighted by Crippen LogP contribution is -2.48. The summed E-state index contributed by atoms with van der Waals surface area (Å²) >= 11 is 0. The Morgan fingerprint density at radius 1 is 1.21 bits per heavy atom. The quantitative estimate of drug-likeness (QED) is 0.815. The van der Waals surface area contributed by atoms with Gasteiger partial charge in [0.25, 0.3) is 0 Å². The number of urea groups is 1. The lowest BCUT2D eigenvalue weighted by atomic mass is 9.86. The molecule has 1 N–H and O–H groups in total. The Hall–Kier alpha value is -2.49. The molecule has 0 radical (unpaired) electrons. The van der Waals surface area contributed by atoms with Crippen LogP contribution in [0.3, 0.4) is 0 Å². The number of aromatic nitrogens is 4. The first-order valence-corrected chi connectivity index (χ1v) is 10.8. The Kier molecular flexibility index (Phi) is 5.69. The van der Waals surface area contributed by atoms with Gasteiger partial charge in [-0.3, -0.25) is 4.68 Å². The molecule has 0 bridgehead atoms. The maximum atomic E-state index is 13.3. The van der Waals surface area contributed by atoms with Gasteiger partial charge in [-0.15, -0.1) is 0 Å². The van der Waals surface area contributed by atoms with Crippen LogP contribution in [-0.2, 0) is 16.4 Å². The first kappa shape index (κ1) is 20.2. The topological polar surface area (TPSA) is 110 Å². The maximum Gasteiger partial charge on any atom is 0.321 e. The summed E-state index contributed by atoms with van der Waals surface area (Å²) in [5, 5.41) is 14.6. The van der Waals surface area contributed by atoms with Gasteiger partial charge in [0.1, 0.15) is 0 Å². The van der Waals surface area contributed by atoms with E-state index in [2.05, 4.69) is 20.6 Å². The molecule has 0 aromatic carbocycles. The van der Waals surface area contributed by atoms with Gasteiger partial charge in [0.15, 0.2) is 5.03 Å². The number of carbonyl (C=O) groups is 1. The van der Waals surface area contributed by atoms with Crippen LogP contribution in [-0.4, -0.2) is 57.2 Å². The lowest BCUT2D eigenvalue weighted by molar-refractivity contribution is 0.171. The van der Waals surface area contributed by atoms with E-state index in [0.717, 1.165) is 0 Å². The highest BCUT2D eigenvalue weighted by atomic mass is 32.2. The van der Waals surface area contributed by atoms with Crippen molar-refractivity contribution in [1.29, 1.82) is 0 Å². The first-order chi connectivity index (χ1) is 13.3. The molecule has 0 spiro atoms. The van der Waals surface area contributed by atoms with Gasteiger partial charge in [-0.2, -0.15) is 15.3 Å². The third kappa shape index (κ3) is 3.73. The van der Waals surface area contributed by atoms with Gasteiger partial charge < -0.3 is 10.2 Å². The van der Waals surface area contributed by atoms with Crippen LogP contribution in [0.4, 0.5) is 10.5 Å². The number of nitrogens with zero attached hydrogens (tertiary/aromatic N) is 5. The molecule has 0 unspecified atom stereocenters. The fraction of sp³-hybridized carbons (Fsp3) is 0.556. The zero-order valence-electron chi connectivity index (χ0n) is 16.4. The van der Waals surface area contributed by atoms with E-state index in [1.165, 1.54) is 23.3 Å². The van der Waals surface area contributed by atoms with E-state index in [9.17, 15) is 13.2 Å². The van der Waals surface area contributed by atoms with Crippen LogP contribution in [0.25, 0.3) is 0 Å². The Morgan fingerprint density at radius 3 is 2.54 bits per heavy atom. The van der Waals surface area contributed by atoms with E-state index in [1.54, 1.807) is 30.9 Å². The Labute approximate surface area is 165 Å². The van der Waals surface area contributed by atoms with Crippen molar-refractivity contribution in [3.8, 4) is 0 Å². The Balaban J connectivity index is 1.67. The molecule has 1 fully saturated rings. The molecule has 0 atom stereocenters.